The van der Waals surface area contributed by atoms with Gasteiger partial charge in [0.15, 0.2) is 0 Å². The predicted molar refractivity (Wildman–Crippen MR) is 114 cm³/mol. The number of nitrogens with zero attached hydrogens (tertiary/aromatic N) is 4. The van der Waals surface area contributed by atoms with Crippen molar-refractivity contribution in [2.24, 2.45) is 0 Å². The van der Waals surface area contributed by atoms with Crippen molar-refractivity contribution >= 4 is 33.3 Å². The van der Waals surface area contributed by atoms with E-state index in [9.17, 15) is 4.79 Å². The molecule has 0 N–H and O–H groups in total. The van der Waals surface area contributed by atoms with Gasteiger partial charge in [0.05, 0.1) is 5.39 Å². The molecule has 1 aromatic carbocycles. The first kappa shape index (κ1) is 17.6. The number of anilines is 1. The SMILES string of the molecule is CCC(=O)N1CCN(c2nc(C3CC3)nc3scc(-c4ccccc4)c23)CC1. The van der Waals surface area contributed by atoms with Gasteiger partial charge in [0.1, 0.15) is 16.5 Å². The molecule has 5 nitrogen and oxygen atoms in total. The van der Waals surface area contributed by atoms with Crippen LogP contribution in [0.5, 0.6) is 0 Å². The van der Waals surface area contributed by atoms with Gasteiger partial charge >= 0.3 is 0 Å². The van der Waals surface area contributed by atoms with Crippen LogP contribution in [0.1, 0.15) is 37.9 Å². The molecule has 2 aliphatic rings. The minimum Gasteiger partial charge on any atom is -0.352 e. The molecular formula is C22H24N4OS. The molecule has 2 fully saturated rings. The molecule has 0 spiro atoms. The average Bonchev–Trinajstić information content (AvgIpc) is 3.52. The largest absolute Gasteiger partial charge is 0.352 e. The summed E-state index contributed by atoms with van der Waals surface area (Å²) in [6, 6.07) is 10.5. The molecule has 1 amide bonds. The molecule has 5 rings (SSSR count). The van der Waals surface area contributed by atoms with Crippen molar-refractivity contribution in [1.82, 2.24) is 14.9 Å². The van der Waals surface area contributed by atoms with E-state index in [1.54, 1.807) is 11.3 Å². The molecular weight excluding hydrogens is 368 g/mol. The summed E-state index contributed by atoms with van der Waals surface area (Å²) in [5, 5.41) is 3.38. The van der Waals surface area contributed by atoms with Crippen LogP contribution in [0.25, 0.3) is 21.3 Å². The fraction of sp³-hybridized carbons (Fsp3) is 0.409. The normalized spacial score (nSPS) is 17.3. The van der Waals surface area contributed by atoms with E-state index in [1.807, 2.05) is 17.9 Å². The van der Waals surface area contributed by atoms with E-state index in [2.05, 4.69) is 34.5 Å². The van der Waals surface area contributed by atoms with Gasteiger partial charge in [-0.05, 0) is 18.4 Å². The first-order valence-corrected chi connectivity index (χ1v) is 11.0. The van der Waals surface area contributed by atoms with Crippen LogP contribution < -0.4 is 4.90 Å². The Morgan fingerprint density at radius 3 is 2.54 bits per heavy atom. The second-order valence-corrected chi connectivity index (χ2v) is 8.45. The van der Waals surface area contributed by atoms with Crippen molar-refractivity contribution < 1.29 is 4.79 Å². The van der Waals surface area contributed by atoms with E-state index in [0.717, 1.165) is 48.0 Å². The molecule has 3 aromatic rings. The number of carbonyl (C=O) groups excluding carboxylic acids is 1. The fourth-order valence-electron chi connectivity index (χ4n) is 3.91. The molecule has 2 aromatic heterocycles. The van der Waals surface area contributed by atoms with Crippen molar-refractivity contribution in [1.29, 1.82) is 0 Å². The van der Waals surface area contributed by atoms with Gasteiger partial charge in [-0.2, -0.15) is 0 Å². The lowest BCUT2D eigenvalue weighted by molar-refractivity contribution is -0.131. The zero-order chi connectivity index (χ0) is 19.1. The van der Waals surface area contributed by atoms with Crippen molar-refractivity contribution in [3.63, 3.8) is 0 Å². The highest BCUT2D eigenvalue weighted by Crippen LogP contribution is 2.43. The summed E-state index contributed by atoms with van der Waals surface area (Å²) >= 11 is 1.71. The number of fused-ring (bicyclic) bond motifs is 1. The standard InChI is InChI=1S/C22H24N4OS/c1-2-18(27)25-10-12-26(13-11-25)21-19-17(15-6-4-3-5-7-15)14-28-22(19)24-20(23-21)16-8-9-16/h3-7,14,16H,2,8-13H2,1H3. The van der Waals surface area contributed by atoms with Gasteiger partial charge in [-0.3, -0.25) is 4.79 Å². The number of amides is 1. The highest BCUT2D eigenvalue weighted by molar-refractivity contribution is 7.17. The van der Waals surface area contributed by atoms with Gasteiger partial charge in [0.25, 0.3) is 0 Å². The summed E-state index contributed by atoms with van der Waals surface area (Å²) in [7, 11) is 0. The van der Waals surface area contributed by atoms with E-state index >= 15 is 0 Å². The molecule has 3 heterocycles. The fourth-order valence-corrected chi connectivity index (χ4v) is 4.86. The smallest absolute Gasteiger partial charge is 0.222 e. The zero-order valence-electron chi connectivity index (χ0n) is 16.1. The zero-order valence-corrected chi connectivity index (χ0v) is 16.9. The third-order valence-corrected chi connectivity index (χ3v) is 6.57. The Balaban J connectivity index is 1.56. The van der Waals surface area contributed by atoms with Crippen molar-refractivity contribution in [2.75, 3.05) is 31.1 Å². The predicted octanol–water partition coefficient (Wildman–Crippen LogP) is 4.29. The molecule has 6 heteroatoms. The van der Waals surface area contributed by atoms with Crippen LogP contribution in [0, 0.1) is 0 Å². The number of hydrogen-bond donors (Lipinski definition) is 0. The Morgan fingerprint density at radius 1 is 1.11 bits per heavy atom. The maximum absolute atomic E-state index is 12.1. The monoisotopic (exact) mass is 392 g/mol. The number of benzene rings is 1. The number of thiophene rings is 1. The van der Waals surface area contributed by atoms with Gasteiger partial charge in [-0.1, -0.05) is 37.3 Å². The Bertz CT molecular complexity index is 1000. The number of hydrogen-bond acceptors (Lipinski definition) is 5. The molecule has 28 heavy (non-hydrogen) atoms. The summed E-state index contributed by atoms with van der Waals surface area (Å²) in [4.78, 5) is 27.4. The number of aromatic nitrogens is 2. The molecule has 0 bridgehead atoms. The van der Waals surface area contributed by atoms with Gasteiger partial charge < -0.3 is 9.80 Å². The third-order valence-electron chi connectivity index (χ3n) is 5.69. The Labute approximate surface area is 169 Å². The van der Waals surface area contributed by atoms with Crippen LogP contribution in [0.4, 0.5) is 5.82 Å². The van der Waals surface area contributed by atoms with Crippen LogP contribution in [0.2, 0.25) is 0 Å². The van der Waals surface area contributed by atoms with Crippen LogP contribution in [0.3, 0.4) is 0 Å². The van der Waals surface area contributed by atoms with Gasteiger partial charge in [0.2, 0.25) is 5.91 Å². The second kappa shape index (κ2) is 7.17. The molecule has 1 aliphatic heterocycles. The molecule has 144 valence electrons. The second-order valence-electron chi connectivity index (χ2n) is 7.60. The van der Waals surface area contributed by atoms with E-state index in [1.165, 1.54) is 24.0 Å². The lowest BCUT2D eigenvalue weighted by atomic mass is 10.1. The van der Waals surface area contributed by atoms with Gasteiger partial charge in [-0.15, -0.1) is 11.3 Å². The summed E-state index contributed by atoms with van der Waals surface area (Å²) in [6.07, 6.45) is 2.97. The first-order chi connectivity index (χ1) is 13.7. The molecule has 1 saturated carbocycles. The topological polar surface area (TPSA) is 49.3 Å². The lowest BCUT2D eigenvalue weighted by Crippen LogP contribution is -2.49. The van der Waals surface area contributed by atoms with Gasteiger partial charge in [0, 0.05) is 49.5 Å². The van der Waals surface area contributed by atoms with Crippen molar-refractivity contribution in [3.8, 4) is 11.1 Å². The summed E-state index contributed by atoms with van der Waals surface area (Å²) in [5.74, 6) is 2.81. The summed E-state index contributed by atoms with van der Waals surface area (Å²) in [5.41, 5.74) is 2.42. The number of rotatable bonds is 4. The third kappa shape index (κ3) is 3.15. The molecule has 0 atom stereocenters. The molecule has 1 saturated heterocycles. The Morgan fingerprint density at radius 2 is 1.86 bits per heavy atom. The van der Waals surface area contributed by atoms with Crippen LogP contribution in [-0.2, 0) is 4.79 Å². The van der Waals surface area contributed by atoms with E-state index in [0.29, 0.717) is 12.3 Å². The quantitative estimate of drug-likeness (QED) is 0.664. The highest BCUT2D eigenvalue weighted by Gasteiger charge is 2.30. The number of carbonyl (C=O) groups is 1. The van der Waals surface area contributed by atoms with Crippen molar-refractivity contribution in [3.05, 3.63) is 41.5 Å². The minimum atomic E-state index is 0.242. The lowest BCUT2D eigenvalue weighted by Gasteiger charge is -2.35. The van der Waals surface area contributed by atoms with E-state index < -0.39 is 0 Å². The Hall–Kier alpha value is -2.47. The van der Waals surface area contributed by atoms with Crippen molar-refractivity contribution in [2.45, 2.75) is 32.1 Å². The van der Waals surface area contributed by atoms with E-state index in [4.69, 9.17) is 9.97 Å². The van der Waals surface area contributed by atoms with Crippen LogP contribution >= 0.6 is 11.3 Å². The summed E-state index contributed by atoms with van der Waals surface area (Å²) < 4.78 is 0. The number of piperazine rings is 1. The first-order valence-electron chi connectivity index (χ1n) is 10.1. The van der Waals surface area contributed by atoms with Crippen LogP contribution in [-0.4, -0.2) is 47.0 Å². The van der Waals surface area contributed by atoms with Crippen LogP contribution in [0.15, 0.2) is 35.7 Å². The molecule has 0 radical (unpaired) electrons. The molecule has 1 aliphatic carbocycles. The van der Waals surface area contributed by atoms with Gasteiger partial charge in [-0.25, -0.2) is 9.97 Å². The summed E-state index contributed by atoms with van der Waals surface area (Å²) in [6.45, 7) is 5.11. The highest BCUT2D eigenvalue weighted by atomic mass is 32.1. The maximum atomic E-state index is 12.1. The molecule has 0 unspecified atom stereocenters. The minimum absolute atomic E-state index is 0.242. The maximum Gasteiger partial charge on any atom is 0.222 e. The Kier molecular flexibility index (Phi) is 4.51. The van der Waals surface area contributed by atoms with E-state index in [-0.39, 0.29) is 5.91 Å². The average molecular weight is 393 g/mol.